The molecule has 0 aliphatic rings. The van der Waals surface area contributed by atoms with Gasteiger partial charge in [0.2, 0.25) is 35.4 Å². The summed E-state index contributed by atoms with van der Waals surface area (Å²) in [4.78, 5) is 91.8. The third-order valence-corrected chi connectivity index (χ3v) is 9.91. The molecule has 0 bridgehead atoms. The van der Waals surface area contributed by atoms with Gasteiger partial charge in [-0.25, -0.2) is 0 Å². The number of rotatable bonds is 25. The van der Waals surface area contributed by atoms with Crippen LogP contribution in [-0.2, 0) is 35.2 Å². The first-order valence-corrected chi connectivity index (χ1v) is 20.4. The van der Waals surface area contributed by atoms with Crippen molar-refractivity contribution < 1.29 is 53.8 Å². The van der Waals surface area contributed by atoms with Gasteiger partial charge < -0.3 is 62.8 Å². The average molecular weight is 855 g/mol. The second-order valence-corrected chi connectivity index (χ2v) is 15.0. The maximum absolute atomic E-state index is 13.3. The molecule has 12 N–H and O–H groups in total. The van der Waals surface area contributed by atoms with Crippen LogP contribution in [0.5, 0.6) is 0 Å². The smallest absolute Gasteiger partial charge is 0.426 e. The number of amides is 7. The molecule has 2 aromatic rings. The van der Waals surface area contributed by atoms with Crippen molar-refractivity contribution in [1.29, 1.82) is 0 Å². The molecule has 0 saturated heterocycles. The van der Waals surface area contributed by atoms with Gasteiger partial charge in [-0.15, -0.1) is 0 Å². The number of hydrogen-bond acceptors (Lipinski definition) is 12. The van der Waals surface area contributed by atoms with Gasteiger partial charge >= 0.3 is 7.12 Å². The molecule has 2 aromatic carbocycles. The molecular formula is C41H63BN8O11. The van der Waals surface area contributed by atoms with E-state index in [1.807, 2.05) is 12.1 Å². The van der Waals surface area contributed by atoms with Crippen molar-refractivity contribution in [3.63, 3.8) is 0 Å². The van der Waals surface area contributed by atoms with Crippen LogP contribution in [0.3, 0.4) is 0 Å². The van der Waals surface area contributed by atoms with Crippen molar-refractivity contribution in [3.05, 3.63) is 59.7 Å². The van der Waals surface area contributed by atoms with Crippen LogP contribution in [-0.4, -0.2) is 143 Å². The van der Waals surface area contributed by atoms with Crippen molar-refractivity contribution in [2.24, 2.45) is 5.73 Å². The second-order valence-electron chi connectivity index (χ2n) is 15.0. The van der Waals surface area contributed by atoms with Gasteiger partial charge in [-0.3, -0.25) is 33.6 Å². The summed E-state index contributed by atoms with van der Waals surface area (Å²) < 4.78 is 0. The number of carbonyl (C=O) groups excluding carboxylic acids is 7. The van der Waals surface area contributed by atoms with E-state index in [2.05, 4.69) is 51.0 Å². The Morgan fingerprint density at radius 3 is 1.80 bits per heavy atom. The summed E-state index contributed by atoms with van der Waals surface area (Å²) in [7, 11) is -0.647. The minimum Gasteiger partial charge on any atom is -0.426 e. The topological polar surface area (TPSA) is 302 Å². The Morgan fingerprint density at radius 2 is 1.26 bits per heavy atom. The zero-order chi connectivity index (χ0) is 45.8. The van der Waals surface area contributed by atoms with Crippen LogP contribution in [0.25, 0.3) is 11.1 Å². The van der Waals surface area contributed by atoms with E-state index in [-0.39, 0.29) is 12.0 Å². The highest BCUT2D eigenvalue weighted by Gasteiger charge is 2.34. The Balaban J connectivity index is 1.94. The third-order valence-electron chi connectivity index (χ3n) is 9.91. The molecular weight excluding hydrogens is 791 g/mol. The quantitative estimate of drug-likeness (QED) is 0.0392. The first kappa shape index (κ1) is 51.7. The van der Waals surface area contributed by atoms with Crippen molar-refractivity contribution in [3.8, 4) is 11.1 Å². The number of aryl methyl sites for hydroxylation is 1. The van der Waals surface area contributed by atoms with E-state index >= 15 is 0 Å². The lowest BCUT2D eigenvalue weighted by atomic mass is 9.81. The van der Waals surface area contributed by atoms with Gasteiger partial charge in [-0.05, 0) is 95.2 Å². The molecule has 0 spiro atoms. The normalized spacial score (nSPS) is 14.4. The summed E-state index contributed by atoms with van der Waals surface area (Å²) >= 11 is 0. The molecule has 0 aliphatic heterocycles. The molecule has 2 rings (SSSR count). The molecule has 61 heavy (non-hydrogen) atoms. The fourth-order valence-electron chi connectivity index (χ4n) is 6.01. The number of unbranched alkanes of at least 4 members (excludes halogenated alkanes) is 2. The van der Waals surface area contributed by atoms with E-state index in [1.54, 1.807) is 24.3 Å². The second kappa shape index (κ2) is 26.0. The van der Waals surface area contributed by atoms with Crippen LogP contribution in [0.1, 0.15) is 82.6 Å². The zero-order valence-corrected chi connectivity index (χ0v) is 35.8. The Morgan fingerprint density at radius 1 is 0.705 bits per heavy atom. The Hall–Kier alpha value is -5.41. The number of carbonyl (C=O) groups is 7. The lowest BCUT2D eigenvalue weighted by Gasteiger charge is -2.31. The first-order chi connectivity index (χ1) is 28.8. The molecule has 0 aliphatic carbocycles. The SMILES string of the molecule is CCCCc1ccc(-c2ccc(C(=O)N[C@H](CO)C(=O)N[C@H](C)C(=O)NCC(=O)N(C)[C@H](C(=O)N[C@@H](C)C(=O)N[C@@H](CCCCN)C(=O)N[C@@H](C)B(O)O)C(C)O)cc2)cc1. The van der Waals surface area contributed by atoms with E-state index in [4.69, 9.17) is 5.73 Å². The van der Waals surface area contributed by atoms with Crippen LogP contribution in [0.2, 0.25) is 0 Å². The van der Waals surface area contributed by atoms with Gasteiger partial charge in [-0.1, -0.05) is 49.7 Å². The lowest BCUT2D eigenvalue weighted by molar-refractivity contribution is -0.144. The van der Waals surface area contributed by atoms with E-state index in [0.29, 0.717) is 19.4 Å². The van der Waals surface area contributed by atoms with Gasteiger partial charge in [0.15, 0.2) is 0 Å². The van der Waals surface area contributed by atoms with E-state index in [0.717, 1.165) is 35.3 Å². The minimum atomic E-state index is -1.84. The van der Waals surface area contributed by atoms with E-state index in [9.17, 15) is 53.8 Å². The van der Waals surface area contributed by atoms with Crippen LogP contribution in [0.15, 0.2) is 48.5 Å². The molecule has 20 heteroatoms. The molecule has 19 nitrogen and oxygen atoms in total. The maximum atomic E-state index is 13.3. The standard InChI is InChI=1S/C41H63BN8O11/c1-7-8-11-28-13-15-29(16-14-28)30-17-19-31(20-18-30)38(56)49-33(23-51)40(58)45-24(2)36(54)44-22-34(53)50(6)35(26(4)52)41(59)46-25(3)37(55)48-32(12-9-10-21-43)39(57)47-27(5)42(60)61/h13-20,24-27,32-33,35,51-52,60-61H,7-12,21-23,43H2,1-6H3,(H,44,54)(H,45,58)(H,46,59)(H,47,57)(H,48,55)(H,49,56)/t24-,25+,26?,27+,32+,33-,35+/m1/s1. The van der Waals surface area contributed by atoms with E-state index < -0.39 is 104 Å². The van der Waals surface area contributed by atoms with Crippen LogP contribution >= 0.6 is 0 Å². The number of benzene rings is 2. The summed E-state index contributed by atoms with van der Waals surface area (Å²) in [6.07, 6.45) is 2.93. The molecule has 0 fully saturated rings. The first-order valence-electron chi connectivity index (χ1n) is 20.4. The van der Waals surface area contributed by atoms with Gasteiger partial charge in [0, 0.05) is 12.6 Å². The highest BCUT2D eigenvalue weighted by Crippen LogP contribution is 2.21. The predicted octanol–water partition coefficient (Wildman–Crippen LogP) is -1.75. The van der Waals surface area contributed by atoms with Gasteiger partial charge in [0.05, 0.1) is 25.2 Å². The largest absolute Gasteiger partial charge is 0.475 e. The molecule has 336 valence electrons. The summed E-state index contributed by atoms with van der Waals surface area (Å²) in [6, 6.07) is 8.35. The third kappa shape index (κ3) is 16.9. The van der Waals surface area contributed by atoms with Crippen molar-refractivity contribution in [2.75, 3.05) is 26.7 Å². The highest BCUT2D eigenvalue weighted by atomic mass is 16.4. The summed E-state index contributed by atoms with van der Waals surface area (Å²) in [5.74, 6) is -6.58. The Kier molecular flexibility index (Phi) is 22.1. The molecule has 7 atom stereocenters. The molecule has 0 aromatic heterocycles. The van der Waals surface area contributed by atoms with Gasteiger partial charge in [-0.2, -0.15) is 0 Å². The number of nitrogens with zero attached hydrogens (tertiary/aromatic N) is 1. The number of nitrogens with two attached hydrogens (primary N) is 1. The Labute approximate surface area is 357 Å². The minimum absolute atomic E-state index is 0.161. The fraction of sp³-hybridized carbons (Fsp3) is 0.537. The number of hydrogen-bond donors (Lipinski definition) is 11. The number of aliphatic hydroxyl groups excluding tert-OH is 2. The lowest BCUT2D eigenvalue weighted by Crippen LogP contribution is -2.59. The average Bonchev–Trinajstić information content (AvgIpc) is 3.23. The summed E-state index contributed by atoms with van der Waals surface area (Å²) in [5, 5.41) is 53.5. The molecule has 0 saturated carbocycles. The van der Waals surface area contributed by atoms with Crippen LogP contribution < -0.4 is 37.6 Å². The molecule has 1 unspecified atom stereocenters. The number of aliphatic hydroxyl groups is 2. The fourth-order valence-corrected chi connectivity index (χ4v) is 6.01. The van der Waals surface area contributed by atoms with E-state index in [1.165, 1.54) is 40.3 Å². The van der Waals surface area contributed by atoms with Crippen molar-refractivity contribution in [1.82, 2.24) is 36.8 Å². The summed E-state index contributed by atoms with van der Waals surface area (Å²) in [6.45, 7) is 6.26. The molecule has 7 amide bonds. The van der Waals surface area contributed by atoms with Crippen molar-refractivity contribution >= 4 is 48.5 Å². The molecule has 0 heterocycles. The molecule has 0 radical (unpaired) electrons. The number of nitrogens with one attached hydrogen (secondary N) is 6. The number of likely N-dealkylation sites (N-methyl/N-ethyl adjacent to an activating group) is 1. The van der Waals surface area contributed by atoms with Crippen molar-refractivity contribution in [2.45, 2.75) is 115 Å². The van der Waals surface area contributed by atoms with Gasteiger partial charge in [0.1, 0.15) is 30.2 Å². The van der Waals surface area contributed by atoms with Gasteiger partial charge in [0.25, 0.3) is 5.91 Å². The van der Waals surface area contributed by atoms with Crippen LogP contribution in [0, 0.1) is 0 Å². The van der Waals surface area contributed by atoms with Crippen LogP contribution in [0.4, 0.5) is 0 Å². The zero-order valence-electron chi connectivity index (χ0n) is 35.8. The predicted molar refractivity (Wildman–Crippen MR) is 228 cm³/mol. The highest BCUT2D eigenvalue weighted by molar-refractivity contribution is 6.43. The Bertz CT molecular complexity index is 1760. The maximum Gasteiger partial charge on any atom is 0.475 e. The monoisotopic (exact) mass is 854 g/mol. The summed E-state index contributed by atoms with van der Waals surface area (Å²) in [5.41, 5.74) is 8.89.